The highest BCUT2D eigenvalue weighted by Gasteiger charge is 2.30. The zero-order valence-electron chi connectivity index (χ0n) is 9.70. The number of nitrogens with zero attached hydrogens (tertiary/aromatic N) is 1. The van der Waals surface area contributed by atoms with E-state index in [0.29, 0.717) is 6.54 Å². The predicted molar refractivity (Wildman–Crippen MR) is 62.3 cm³/mol. The normalized spacial score (nSPS) is 18.9. The molecular formula is C10H22N2O2S. The predicted octanol–water partition coefficient (Wildman–Crippen LogP) is 0.800. The Balaban J connectivity index is 2.68. The van der Waals surface area contributed by atoms with Crippen LogP contribution in [-0.4, -0.2) is 44.7 Å². The highest BCUT2D eigenvalue weighted by molar-refractivity contribution is 7.89. The fraction of sp³-hybridized carbons (Fsp3) is 1.00. The average molecular weight is 234 g/mol. The SMILES string of the molecule is CCS(=O)(=O)N(CCNC)C1CCCC1. The third-order valence-electron chi connectivity index (χ3n) is 3.04. The minimum Gasteiger partial charge on any atom is -0.318 e. The van der Waals surface area contributed by atoms with Gasteiger partial charge in [0.2, 0.25) is 10.0 Å². The number of hydrogen-bond donors (Lipinski definition) is 1. The number of likely N-dealkylation sites (N-methyl/N-ethyl adjacent to an activating group) is 1. The molecule has 0 aromatic rings. The van der Waals surface area contributed by atoms with E-state index in [0.717, 1.165) is 19.4 Å². The Labute approximate surface area is 93.1 Å². The third-order valence-corrected chi connectivity index (χ3v) is 4.96. The van der Waals surface area contributed by atoms with Crippen LogP contribution >= 0.6 is 0 Å². The number of hydrogen-bond acceptors (Lipinski definition) is 3. The third kappa shape index (κ3) is 3.43. The smallest absolute Gasteiger partial charge is 0.214 e. The van der Waals surface area contributed by atoms with Crippen LogP contribution in [0.2, 0.25) is 0 Å². The van der Waals surface area contributed by atoms with Crippen LogP contribution < -0.4 is 5.32 Å². The van der Waals surface area contributed by atoms with Gasteiger partial charge in [-0.3, -0.25) is 0 Å². The van der Waals surface area contributed by atoms with Gasteiger partial charge in [-0.05, 0) is 26.8 Å². The number of sulfonamides is 1. The van der Waals surface area contributed by atoms with E-state index in [1.165, 1.54) is 12.8 Å². The Bertz CT molecular complexity index is 271. The second-order valence-corrected chi connectivity index (χ2v) is 6.26. The van der Waals surface area contributed by atoms with Crippen LogP contribution in [-0.2, 0) is 10.0 Å². The van der Waals surface area contributed by atoms with Crippen LogP contribution in [0.15, 0.2) is 0 Å². The second-order valence-electron chi connectivity index (χ2n) is 4.05. The second kappa shape index (κ2) is 5.82. The first kappa shape index (κ1) is 12.9. The molecule has 1 saturated carbocycles. The van der Waals surface area contributed by atoms with Crippen molar-refractivity contribution in [1.29, 1.82) is 0 Å². The van der Waals surface area contributed by atoms with Crippen LogP contribution in [0.4, 0.5) is 0 Å². The van der Waals surface area contributed by atoms with E-state index < -0.39 is 10.0 Å². The van der Waals surface area contributed by atoms with Crippen LogP contribution in [0, 0.1) is 0 Å². The zero-order valence-corrected chi connectivity index (χ0v) is 10.5. The molecule has 90 valence electrons. The maximum Gasteiger partial charge on any atom is 0.214 e. The summed E-state index contributed by atoms with van der Waals surface area (Å²) in [5.74, 6) is 0.215. The largest absolute Gasteiger partial charge is 0.318 e. The average Bonchev–Trinajstić information content (AvgIpc) is 2.71. The van der Waals surface area contributed by atoms with Gasteiger partial charge in [-0.15, -0.1) is 0 Å². The number of rotatable bonds is 6. The molecule has 0 aromatic carbocycles. The van der Waals surface area contributed by atoms with Crippen molar-refractivity contribution in [2.24, 2.45) is 0 Å². The topological polar surface area (TPSA) is 49.4 Å². The van der Waals surface area contributed by atoms with Crippen LogP contribution in [0.25, 0.3) is 0 Å². The summed E-state index contributed by atoms with van der Waals surface area (Å²) in [4.78, 5) is 0. The maximum absolute atomic E-state index is 11.9. The van der Waals surface area contributed by atoms with Crippen molar-refractivity contribution in [3.63, 3.8) is 0 Å². The molecule has 0 atom stereocenters. The lowest BCUT2D eigenvalue weighted by atomic mass is 10.2. The maximum atomic E-state index is 11.9. The van der Waals surface area contributed by atoms with E-state index >= 15 is 0 Å². The van der Waals surface area contributed by atoms with Gasteiger partial charge >= 0.3 is 0 Å². The molecule has 1 rings (SSSR count). The van der Waals surface area contributed by atoms with Crippen molar-refractivity contribution < 1.29 is 8.42 Å². The first-order valence-electron chi connectivity index (χ1n) is 5.76. The molecule has 0 radical (unpaired) electrons. The Kier molecular flexibility index (Phi) is 5.02. The molecule has 5 heteroatoms. The standard InChI is InChI=1S/C10H22N2O2S/c1-3-15(13,14)12(9-8-11-2)10-6-4-5-7-10/h10-11H,3-9H2,1-2H3. The summed E-state index contributed by atoms with van der Waals surface area (Å²) in [5, 5.41) is 3.01. The summed E-state index contributed by atoms with van der Waals surface area (Å²) in [6.07, 6.45) is 4.39. The summed E-state index contributed by atoms with van der Waals surface area (Å²) in [7, 11) is -1.17. The Hall–Kier alpha value is -0.130. The van der Waals surface area contributed by atoms with Gasteiger partial charge in [-0.1, -0.05) is 12.8 Å². The lowest BCUT2D eigenvalue weighted by Crippen LogP contribution is -2.43. The van der Waals surface area contributed by atoms with Crippen molar-refractivity contribution in [3.8, 4) is 0 Å². The quantitative estimate of drug-likeness (QED) is 0.739. The highest BCUT2D eigenvalue weighted by Crippen LogP contribution is 2.25. The van der Waals surface area contributed by atoms with Crippen molar-refractivity contribution in [3.05, 3.63) is 0 Å². The van der Waals surface area contributed by atoms with Gasteiger partial charge < -0.3 is 5.32 Å². The Morgan fingerprint density at radius 3 is 2.40 bits per heavy atom. The van der Waals surface area contributed by atoms with Gasteiger partial charge in [0.25, 0.3) is 0 Å². The molecule has 0 spiro atoms. The van der Waals surface area contributed by atoms with Crippen molar-refractivity contribution >= 4 is 10.0 Å². The fourth-order valence-electron chi connectivity index (χ4n) is 2.13. The molecule has 1 aliphatic carbocycles. The molecule has 1 aliphatic rings. The summed E-state index contributed by atoms with van der Waals surface area (Å²) in [5.41, 5.74) is 0. The molecule has 1 fully saturated rings. The monoisotopic (exact) mass is 234 g/mol. The van der Waals surface area contributed by atoms with Crippen LogP contribution in [0.3, 0.4) is 0 Å². The molecule has 0 amide bonds. The molecule has 4 nitrogen and oxygen atoms in total. The van der Waals surface area contributed by atoms with Gasteiger partial charge in [0.15, 0.2) is 0 Å². The first-order valence-corrected chi connectivity index (χ1v) is 7.37. The van der Waals surface area contributed by atoms with Gasteiger partial charge in [0.1, 0.15) is 0 Å². The lowest BCUT2D eigenvalue weighted by Gasteiger charge is -2.27. The van der Waals surface area contributed by atoms with Crippen molar-refractivity contribution in [2.75, 3.05) is 25.9 Å². The first-order chi connectivity index (χ1) is 7.11. The van der Waals surface area contributed by atoms with Gasteiger partial charge in [0, 0.05) is 19.1 Å². The van der Waals surface area contributed by atoms with Gasteiger partial charge in [-0.2, -0.15) is 4.31 Å². The van der Waals surface area contributed by atoms with E-state index in [9.17, 15) is 8.42 Å². The zero-order chi connectivity index (χ0) is 11.3. The van der Waals surface area contributed by atoms with E-state index in [1.807, 2.05) is 7.05 Å². The summed E-state index contributed by atoms with van der Waals surface area (Å²) in [6.45, 7) is 3.06. The molecule has 0 saturated heterocycles. The van der Waals surface area contributed by atoms with E-state index in [1.54, 1.807) is 11.2 Å². The minimum absolute atomic E-state index is 0.215. The molecular weight excluding hydrogens is 212 g/mol. The van der Waals surface area contributed by atoms with E-state index in [4.69, 9.17) is 0 Å². The fourth-order valence-corrected chi connectivity index (χ4v) is 3.50. The summed E-state index contributed by atoms with van der Waals surface area (Å²) >= 11 is 0. The molecule has 15 heavy (non-hydrogen) atoms. The lowest BCUT2D eigenvalue weighted by molar-refractivity contribution is 0.323. The minimum atomic E-state index is -3.02. The van der Waals surface area contributed by atoms with Crippen LogP contribution in [0.5, 0.6) is 0 Å². The van der Waals surface area contributed by atoms with E-state index in [2.05, 4.69) is 5.32 Å². The Morgan fingerprint density at radius 2 is 1.93 bits per heavy atom. The van der Waals surface area contributed by atoms with Crippen molar-refractivity contribution in [1.82, 2.24) is 9.62 Å². The highest BCUT2D eigenvalue weighted by atomic mass is 32.2. The molecule has 0 aliphatic heterocycles. The van der Waals surface area contributed by atoms with Gasteiger partial charge in [0.05, 0.1) is 5.75 Å². The molecule has 1 N–H and O–H groups in total. The van der Waals surface area contributed by atoms with Crippen LogP contribution in [0.1, 0.15) is 32.6 Å². The summed E-state index contributed by atoms with van der Waals surface area (Å²) in [6, 6.07) is 0.253. The number of nitrogens with one attached hydrogen (secondary N) is 1. The van der Waals surface area contributed by atoms with Gasteiger partial charge in [-0.25, -0.2) is 8.42 Å². The molecule has 0 bridgehead atoms. The summed E-state index contributed by atoms with van der Waals surface area (Å²) < 4.78 is 25.5. The Morgan fingerprint density at radius 1 is 1.33 bits per heavy atom. The van der Waals surface area contributed by atoms with Crippen molar-refractivity contribution in [2.45, 2.75) is 38.6 Å². The molecule has 0 heterocycles. The molecule has 0 unspecified atom stereocenters. The van der Waals surface area contributed by atoms with E-state index in [-0.39, 0.29) is 11.8 Å². The molecule has 0 aromatic heterocycles.